The monoisotopic (exact) mass is 346 g/mol. The van der Waals surface area contributed by atoms with Crippen LogP contribution in [0.3, 0.4) is 0 Å². The molecule has 0 spiro atoms. The number of carboxylic acid groups (broad SMARTS) is 1. The van der Waals surface area contributed by atoms with Gasteiger partial charge in [-0.3, -0.25) is 4.79 Å². The highest BCUT2D eigenvalue weighted by molar-refractivity contribution is 6.55. The Kier molecular flexibility index (Phi) is 6.09. The Morgan fingerprint density at radius 2 is 1.68 bits per heavy atom. The average molecular weight is 346 g/mol. The molecule has 1 aliphatic heterocycles. The summed E-state index contributed by atoms with van der Waals surface area (Å²) < 4.78 is 12.0. The Labute approximate surface area is 149 Å². The summed E-state index contributed by atoms with van der Waals surface area (Å²) in [5.74, 6) is -0.769. The molecule has 0 radical (unpaired) electrons. The van der Waals surface area contributed by atoms with Crippen LogP contribution < -0.4 is 0 Å². The molecular weight excluding hydrogens is 319 g/mol. The largest absolute Gasteiger partial charge is 0.492 e. The van der Waals surface area contributed by atoms with Crippen LogP contribution in [-0.4, -0.2) is 41.1 Å². The van der Waals surface area contributed by atoms with Gasteiger partial charge in [0.2, 0.25) is 0 Å². The molecule has 0 bridgehead atoms. The number of aliphatic carboxylic acids is 1. The minimum absolute atomic E-state index is 0.142. The first kappa shape index (κ1) is 19.7. The number of aryl methyl sites for hydroxylation is 1. The summed E-state index contributed by atoms with van der Waals surface area (Å²) >= 11 is 0. The van der Waals surface area contributed by atoms with Crippen molar-refractivity contribution in [1.82, 2.24) is 0 Å². The molecule has 0 amide bonds. The Morgan fingerprint density at radius 3 is 2.16 bits per heavy atom. The predicted molar refractivity (Wildman–Crippen MR) is 98.2 cm³/mol. The molecule has 2 rings (SSSR count). The molecule has 1 aromatic carbocycles. The first-order valence-corrected chi connectivity index (χ1v) is 8.62. The van der Waals surface area contributed by atoms with E-state index in [0.717, 1.165) is 17.5 Å². The van der Waals surface area contributed by atoms with Gasteiger partial charge >= 0.3 is 13.1 Å². The van der Waals surface area contributed by atoms with Crippen LogP contribution in [-0.2, 0) is 20.5 Å². The lowest BCUT2D eigenvalue weighted by Crippen LogP contribution is -2.41. The van der Waals surface area contributed by atoms with E-state index in [1.54, 1.807) is 0 Å². The van der Waals surface area contributed by atoms with Crippen LogP contribution in [0.15, 0.2) is 29.7 Å². The number of hydrogen-bond acceptors (Lipinski definition) is 4. The standard InChI is InChI=1S/C19H27BO5/c1-18(2)19(3,4)25-20(24-18)16(13-21)12-15-10-8-14(9-11-15)6-5-7-17(22)23/h8-12,21H,5-7,13H2,1-4H3,(H,22,23). The fourth-order valence-corrected chi connectivity index (χ4v) is 2.62. The Hall–Kier alpha value is -1.63. The summed E-state index contributed by atoms with van der Waals surface area (Å²) in [6, 6.07) is 7.87. The first-order chi connectivity index (χ1) is 11.6. The van der Waals surface area contributed by atoms with Gasteiger partial charge in [0.1, 0.15) is 0 Å². The Balaban J connectivity index is 2.06. The summed E-state index contributed by atoms with van der Waals surface area (Å²) in [7, 11) is -0.565. The van der Waals surface area contributed by atoms with Crippen molar-refractivity contribution in [3.05, 3.63) is 40.9 Å². The number of carbonyl (C=O) groups is 1. The normalized spacial score (nSPS) is 19.2. The molecule has 6 heteroatoms. The number of aliphatic hydroxyl groups excluding tert-OH is 1. The minimum Gasteiger partial charge on any atom is -0.481 e. The van der Waals surface area contributed by atoms with Gasteiger partial charge in [0.25, 0.3) is 0 Å². The summed E-state index contributed by atoms with van der Waals surface area (Å²) in [6.07, 6.45) is 3.42. The molecule has 1 aromatic rings. The van der Waals surface area contributed by atoms with Crippen molar-refractivity contribution in [2.75, 3.05) is 6.61 Å². The van der Waals surface area contributed by atoms with Crippen molar-refractivity contribution in [2.24, 2.45) is 0 Å². The fourth-order valence-electron chi connectivity index (χ4n) is 2.62. The minimum atomic E-state index is -0.769. The third-order valence-electron chi connectivity index (χ3n) is 4.93. The van der Waals surface area contributed by atoms with Gasteiger partial charge in [-0.2, -0.15) is 0 Å². The summed E-state index contributed by atoms with van der Waals surface area (Å²) in [4.78, 5) is 10.6. The number of rotatable bonds is 7. The number of benzene rings is 1. The summed E-state index contributed by atoms with van der Waals surface area (Å²) in [5, 5.41) is 18.4. The molecule has 2 N–H and O–H groups in total. The lowest BCUT2D eigenvalue weighted by molar-refractivity contribution is -0.137. The van der Waals surface area contributed by atoms with E-state index < -0.39 is 24.3 Å². The van der Waals surface area contributed by atoms with Crippen LogP contribution in [0.2, 0.25) is 0 Å². The maximum atomic E-state index is 10.6. The van der Waals surface area contributed by atoms with E-state index in [4.69, 9.17) is 14.4 Å². The fraction of sp³-hybridized carbons (Fsp3) is 0.526. The van der Waals surface area contributed by atoms with Crippen LogP contribution in [0.25, 0.3) is 6.08 Å². The van der Waals surface area contributed by atoms with Gasteiger partial charge in [0.05, 0.1) is 17.8 Å². The van der Waals surface area contributed by atoms with E-state index in [1.165, 1.54) is 0 Å². The van der Waals surface area contributed by atoms with Crippen LogP contribution in [0, 0.1) is 0 Å². The van der Waals surface area contributed by atoms with Gasteiger partial charge in [-0.25, -0.2) is 0 Å². The van der Waals surface area contributed by atoms with Crippen molar-refractivity contribution in [1.29, 1.82) is 0 Å². The zero-order valence-electron chi connectivity index (χ0n) is 15.4. The Morgan fingerprint density at radius 1 is 1.12 bits per heavy atom. The molecule has 136 valence electrons. The molecule has 0 saturated carbocycles. The van der Waals surface area contributed by atoms with Crippen molar-refractivity contribution >= 4 is 19.2 Å². The van der Waals surface area contributed by atoms with Crippen LogP contribution >= 0.6 is 0 Å². The van der Waals surface area contributed by atoms with E-state index >= 15 is 0 Å². The molecule has 0 aromatic heterocycles. The lowest BCUT2D eigenvalue weighted by atomic mass is 9.77. The number of aliphatic hydroxyl groups is 1. The third-order valence-corrected chi connectivity index (χ3v) is 4.93. The van der Waals surface area contributed by atoms with Crippen molar-refractivity contribution < 1.29 is 24.3 Å². The lowest BCUT2D eigenvalue weighted by Gasteiger charge is -2.32. The highest BCUT2D eigenvalue weighted by atomic mass is 16.7. The van der Waals surface area contributed by atoms with Crippen molar-refractivity contribution in [2.45, 2.75) is 58.2 Å². The maximum absolute atomic E-state index is 10.6. The second-order valence-electron chi connectivity index (χ2n) is 7.45. The van der Waals surface area contributed by atoms with Crippen molar-refractivity contribution in [3.8, 4) is 0 Å². The molecule has 0 unspecified atom stereocenters. The summed E-state index contributed by atoms with van der Waals surface area (Å²) in [5.41, 5.74) is 1.83. The number of hydrogen-bond donors (Lipinski definition) is 2. The van der Waals surface area contributed by atoms with E-state index in [-0.39, 0.29) is 13.0 Å². The van der Waals surface area contributed by atoms with E-state index in [2.05, 4.69) is 0 Å². The average Bonchev–Trinajstić information content (AvgIpc) is 2.74. The molecule has 5 nitrogen and oxygen atoms in total. The smallest absolute Gasteiger partial charge is 0.481 e. The van der Waals surface area contributed by atoms with Crippen molar-refractivity contribution in [3.63, 3.8) is 0 Å². The molecular formula is C19H27BO5. The molecule has 1 aliphatic rings. The predicted octanol–water partition coefficient (Wildman–Crippen LogP) is 3.10. The van der Waals surface area contributed by atoms with E-state index in [9.17, 15) is 9.90 Å². The molecule has 1 heterocycles. The highest BCUT2D eigenvalue weighted by Crippen LogP contribution is 2.38. The second kappa shape index (κ2) is 7.73. The van der Waals surface area contributed by atoms with Gasteiger partial charge in [-0.1, -0.05) is 30.3 Å². The van der Waals surface area contributed by atoms with E-state index in [0.29, 0.717) is 11.9 Å². The molecule has 0 aliphatic carbocycles. The SMILES string of the molecule is CC1(C)OB(C(=Cc2ccc(CCCC(=O)O)cc2)CO)OC1(C)C. The molecule has 0 atom stereocenters. The quantitative estimate of drug-likeness (QED) is 0.742. The zero-order valence-corrected chi connectivity index (χ0v) is 15.4. The van der Waals surface area contributed by atoms with Crippen LogP contribution in [0.4, 0.5) is 0 Å². The van der Waals surface area contributed by atoms with Gasteiger partial charge in [0, 0.05) is 6.42 Å². The van der Waals surface area contributed by atoms with Gasteiger partial charge < -0.3 is 19.5 Å². The first-order valence-electron chi connectivity index (χ1n) is 8.62. The molecule has 1 saturated heterocycles. The van der Waals surface area contributed by atoms with Crippen LogP contribution in [0.5, 0.6) is 0 Å². The molecule has 1 fully saturated rings. The van der Waals surface area contributed by atoms with Gasteiger partial charge in [-0.05, 0) is 57.1 Å². The molecule has 25 heavy (non-hydrogen) atoms. The summed E-state index contributed by atoms with van der Waals surface area (Å²) in [6.45, 7) is 7.78. The Bertz CT molecular complexity index is 618. The third kappa shape index (κ3) is 4.94. The van der Waals surface area contributed by atoms with Gasteiger partial charge in [0.15, 0.2) is 0 Å². The van der Waals surface area contributed by atoms with E-state index in [1.807, 2.05) is 58.0 Å². The topological polar surface area (TPSA) is 76.0 Å². The second-order valence-corrected chi connectivity index (χ2v) is 7.45. The van der Waals surface area contributed by atoms with Gasteiger partial charge in [-0.15, -0.1) is 0 Å². The maximum Gasteiger partial charge on any atom is 0.492 e. The zero-order chi connectivity index (χ0) is 18.7. The van der Waals surface area contributed by atoms with Crippen LogP contribution in [0.1, 0.15) is 51.7 Å². The number of carboxylic acids is 1. The highest BCUT2D eigenvalue weighted by Gasteiger charge is 2.52.